The van der Waals surface area contributed by atoms with Gasteiger partial charge in [0.1, 0.15) is 22.8 Å². The van der Waals surface area contributed by atoms with Gasteiger partial charge in [0, 0.05) is 30.2 Å². The molecule has 6 heteroatoms. The second-order valence-corrected chi connectivity index (χ2v) is 7.03. The summed E-state index contributed by atoms with van der Waals surface area (Å²) >= 11 is 0. The molecule has 0 aliphatic heterocycles. The minimum atomic E-state index is -0.308. The van der Waals surface area contributed by atoms with Gasteiger partial charge in [-0.15, -0.1) is 0 Å². The first kappa shape index (κ1) is 19.1. The monoisotopic (exact) mass is 391 g/mol. The van der Waals surface area contributed by atoms with E-state index in [1.165, 1.54) is 12.1 Å². The Bertz CT molecular complexity index is 1160. The lowest BCUT2D eigenvalue weighted by atomic mass is 10.1. The Morgan fingerprint density at radius 1 is 1.10 bits per heavy atom. The SMILES string of the molecule is COc1ccc(CN(C)Cc2nc(-c3cccc(F)c3)oc2C)c2cccnc12. The number of hydrogen-bond acceptors (Lipinski definition) is 5. The van der Waals surface area contributed by atoms with E-state index < -0.39 is 0 Å². The van der Waals surface area contributed by atoms with Gasteiger partial charge in [-0.2, -0.15) is 0 Å². The molecule has 0 fully saturated rings. The molecular formula is C23H22FN3O2. The molecular weight excluding hydrogens is 369 g/mol. The van der Waals surface area contributed by atoms with Crippen LogP contribution in [0.1, 0.15) is 17.0 Å². The fourth-order valence-electron chi connectivity index (χ4n) is 3.43. The zero-order chi connectivity index (χ0) is 20.4. The van der Waals surface area contributed by atoms with Crippen LogP contribution in [0.2, 0.25) is 0 Å². The molecule has 2 heterocycles. The zero-order valence-corrected chi connectivity index (χ0v) is 16.6. The van der Waals surface area contributed by atoms with Crippen molar-refractivity contribution in [3.05, 3.63) is 77.6 Å². The number of oxazole rings is 1. The van der Waals surface area contributed by atoms with Crippen molar-refractivity contribution in [2.45, 2.75) is 20.0 Å². The van der Waals surface area contributed by atoms with Crippen LogP contribution in [-0.4, -0.2) is 29.0 Å². The number of fused-ring (bicyclic) bond motifs is 1. The van der Waals surface area contributed by atoms with Crippen LogP contribution in [0.3, 0.4) is 0 Å². The largest absolute Gasteiger partial charge is 0.494 e. The molecule has 4 aromatic rings. The summed E-state index contributed by atoms with van der Waals surface area (Å²) in [5, 5.41) is 1.07. The third-order valence-corrected chi connectivity index (χ3v) is 4.87. The summed E-state index contributed by atoms with van der Waals surface area (Å²) in [6, 6.07) is 14.3. The lowest BCUT2D eigenvalue weighted by molar-refractivity contribution is 0.314. The number of nitrogens with zero attached hydrogens (tertiary/aromatic N) is 3. The normalized spacial score (nSPS) is 11.3. The van der Waals surface area contributed by atoms with Gasteiger partial charge in [0.25, 0.3) is 0 Å². The van der Waals surface area contributed by atoms with Crippen molar-refractivity contribution >= 4 is 10.9 Å². The number of aryl methyl sites for hydroxylation is 1. The maximum absolute atomic E-state index is 13.5. The van der Waals surface area contributed by atoms with Crippen LogP contribution >= 0.6 is 0 Å². The number of hydrogen-bond donors (Lipinski definition) is 0. The molecule has 2 aromatic carbocycles. The second-order valence-electron chi connectivity index (χ2n) is 7.03. The maximum Gasteiger partial charge on any atom is 0.226 e. The number of rotatable bonds is 6. The smallest absolute Gasteiger partial charge is 0.226 e. The molecule has 0 saturated heterocycles. The van der Waals surface area contributed by atoms with E-state index >= 15 is 0 Å². The number of benzene rings is 2. The summed E-state index contributed by atoms with van der Waals surface area (Å²) in [4.78, 5) is 11.2. The van der Waals surface area contributed by atoms with E-state index in [1.807, 2.05) is 26.1 Å². The Morgan fingerprint density at radius 3 is 2.76 bits per heavy atom. The van der Waals surface area contributed by atoms with E-state index in [1.54, 1.807) is 25.4 Å². The van der Waals surface area contributed by atoms with Crippen molar-refractivity contribution in [1.29, 1.82) is 0 Å². The molecule has 2 aromatic heterocycles. The number of pyridine rings is 1. The summed E-state index contributed by atoms with van der Waals surface area (Å²) < 4.78 is 24.7. The predicted octanol–water partition coefficient (Wildman–Crippen LogP) is 4.98. The van der Waals surface area contributed by atoms with E-state index in [0.717, 1.165) is 33.7 Å². The molecule has 0 bridgehead atoms. The summed E-state index contributed by atoms with van der Waals surface area (Å²) in [6.45, 7) is 3.21. The van der Waals surface area contributed by atoms with Gasteiger partial charge in [0.05, 0.1) is 12.8 Å². The van der Waals surface area contributed by atoms with E-state index in [-0.39, 0.29) is 5.82 Å². The van der Waals surface area contributed by atoms with Gasteiger partial charge in [0.15, 0.2) is 0 Å². The topological polar surface area (TPSA) is 51.4 Å². The summed E-state index contributed by atoms with van der Waals surface area (Å²) in [7, 11) is 3.68. The van der Waals surface area contributed by atoms with Crippen LogP contribution in [0.4, 0.5) is 4.39 Å². The molecule has 0 aliphatic carbocycles. The molecule has 0 saturated carbocycles. The molecule has 0 unspecified atom stereocenters. The van der Waals surface area contributed by atoms with Crippen molar-refractivity contribution in [3.63, 3.8) is 0 Å². The van der Waals surface area contributed by atoms with Crippen LogP contribution in [0.25, 0.3) is 22.4 Å². The molecule has 148 valence electrons. The van der Waals surface area contributed by atoms with Gasteiger partial charge in [-0.05, 0) is 49.9 Å². The molecule has 29 heavy (non-hydrogen) atoms. The second kappa shape index (κ2) is 8.01. The minimum Gasteiger partial charge on any atom is -0.494 e. The quantitative estimate of drug-likeness (QED) is 0.464. The third kappa shape index (κ3) is 3.98. The molecule has 0 spiro atoms. The van der Waals surface area contributed by atoms with Crippen molar-refractivity contribution in [2.24, 2.45) is 0 Å². The molecule has 5 nitrogen and oxygen atoms in total. The number of ether oxygens (including phenoxy) is 1. The van der Waals surface area contributed by atoms with Gasteiger partial charge < -0.3 is 9.15 Å². The molecule has 0 atom stereocenters. The molecule has 4 rings (SSSR count). The van der Waals surface area contributed by atoms with Crippen LogP contribution in [0.5, 0.6) is 5.75 Å². The highest BCUT2D eigenvalue weighted by atomic mass is 19.1. The molecule has 0 aliphatic rings. The average molecular weight is 391 g/mol. The Hall–Kier alpha value is -3.25. The predicted molar refractivity (Wildman–Crippen MR) is 110 cm³/mol. The average Bonchev–Trinajstić information content (AvgIpc) is 3.08. The van der Waals surface area contributed by atoms with Gasteiger partial charge in [-0.3, -0.25) is 9.88 Å². The van der Waals surface area contributed by atoms with Gasteiger partial charge in [0.2, 0.25) is 5.89 Å². The van der Waals surface area contributed by atoms with Crippen LogP contribution in [0.15, 0.2) is 59.1 Å². The van der Waals surface area contributed by atoms with Gasteiger partial charge >= 0.3 is 0 Å². The van der Waals surface area contributed by atoms with Gasteiger partial charge in [-0.1, -0.05) is 18.2 Å². The highest BCUT2D eigenvalue weighted by Crippen LogP contribution is 2.28. The van der Waals surface area contributed by atoms with Crippen molar-refractivity contribution in [2.75, 3.05) is 14.2 Å². The Kier molecular flexibility index (Phi) is 5.27. The molecule has 0 radical (unpaired) electrons. The third-order valence-electron chi connectivity index (χ3n) is 4.87. The molecule has 0 amide bonds. The fraction of sp³-hybridized carbons (Fsp3) is 0.217. The van der Waals surface area contributed by atoms with E-state index in [0.29, 0.717) is 24.5 Å². The summed E-state index contributed by atoms with van der Waals surface area (Å²) in [5.41, 5.74) is 3.48. The van der Waals surface area contributed by atoms with Gasteiger partial charge in [-0.25, -0.2) is 9.37 Å². The highest BCUT2D eigenvalue weighted by Gasteiger charge is 2.15. The summed E-state index contributed by atoms with van der Waals surface area (Å²) in [6.07, 6.45) is 1.77. The van der Waals surface area contributed by atoms with E-state index in [4.69, 9.17) is 9.15 Å². The summed E-state index contributed by atoms with van der Waals surface area (Å²) in [5.74, 6) is 1.62. The van der Waals surface area contributed by atoms with Crippen molar-refractivity contribution in [1.82, 2.24) is 14.9 Å². The standard InChI is InChI=1S/C23H22FN3O2/c1-15-20(26-23(29-15)16-6-4-7-18(24)12-16)14-27(2)13-17-9-10-21(28-3)22-19(17)8-5-11-25-22/h4-12H,13-14H2,1-3H3. The number of halogens is 1. The minimum absolute atomic E-state index is 0.308. The van der Waals surface area contributed by atoms with Crippen molar-refractivity contribution in [3.8, 4) is 17.2 Å². The van der Waals surface area contributed by atoms with Crippen LogP contribution in [0, 0.1) is 12.7 Å². The zero-order valence-electron chi connectivity index (χ0n) is 16.6. The van der Waals surface area contributed by atoms with E-state index in [2.05, 4.69) is 27.0 Å². The number of methoxy groups -OCH3 is 1. The first-order valence-electron chi connectivity index (χ1n) is 9.36. The fourth-order valence-corrected chi connectivity index (χ4v) is 3.43. The lowest BCUT2D eigenvalue weighted by Crippen LogP contribution is -2.18. The number of aromatic nitrogens is 2. The Balaban J connectivity index is 1.55. The Morgan fingerprint density at radius 2 is 1.97 bits per heavy atom. The Labute approximate surface area is 168 Å². The van der Waals surface area contributed by atoms with Crippen LogP contribution < -0.4 is 4.74 Å². The van der Waals surface area contributed by atoms with E-state index in [9.17, 15) is 4.39 Å². The molecule has 0 N–H and O–H groups in total. The maximum atomic E-state index is 13.5. The van der Waals surface area contributed by atoms with Crippen LogP contribution in [-0.2, 0) is 13.1 Å². The lowest BCUT2D eigenvalue weighted by Gasteiger charge is -2.17. The first-order valence-corrected chi connectivity index (χ1v) is 9.36. The first-order chi connectivity index (χ1) is 14.0. The highest BCUT2D eigenvalue weighted by molar-refractivity contribution is 5.87. The van der Waals surface area contributed by atoms with Crippen molar-refractivity contribution < 1.29 is 13.5 Å².